The van der Waals surface area contributed by atoms with Crippen molar-refractivity contribution in [2.45, 2.75) is 256 Å². The number of allylic oxidation sites excluding steroid dienone is 6. The van der Waals surface area contributed by atoms with Gasteiger partial charge in [-0.1, -0.05) is 198 Å². The molecule has 4 N–H and O–H groups in total. The highest BCUT2D eigenvalue weighted by Gasteiger charge is 2.44. The number of unbranched alkanes of at least 4 members (excludes halogenated alkanes) is 26. The number of esters is 1. The molecule has 6 unspecified atom stereocenters. The maximum absolute atomic E-state index is 12.8. The normalized spacial score (nSPS) is 20.3. The summed E-state index contributed by atoms with van der Waals surface area (Å²) in [7, 11) is 0. The molecule has 0 aromatic heterocycles. The lowest BCUT2D eigenvalue weighted by molar-refractivity contribution is -0.305. The van der Waals surface area contributed by atoms with Crippen LogP contribution in [0.25, 0.3) is 0 Å². The molecule has 0 radical (unpaired) electrons. The van der Waals surface area contributed by atoms with E-state index >= 15 is 0 Å². The van der Waals surface area contributed by atoms with Crippen molar-refractivity contribution in [2.75, 3.05) is 26.4 Å². The van der Waals surface area contributed by atoms with Gasteiger partial charge in [0.1, 0.15) is 30.5 Å². The summed E-state index contributed by atoms with van der Waals surface area (Å²) in [5.74, 6) is -0.314. The van der Waals surface area contributed by atoms with Crippen LogP contribution in [0.3, 0.4) is 0 Å². The fraction of sp³-hybridized carbons (Fsp3) is 0.863. The molecule has 1 rings (SSSR count). The molecule has 1 heterocycles. The number of aliphatic hydroxyl groups is 4. The molecule has 0 aliphatic carbocycles. The molecule has 352 valence electrons. The van der Waals surface area contributed by atoms with E-state index in [4.69, 9.17) is 18.9 Å². The van der Waals surface area contributed by atoms with E-state index in [0.29, 0.717) is 13.0 Å². The maximum Gasteiger partial charge on any atom is 0.306 e. The van der Waals surface area contributed by atoms with Crippen LogP contribution < -0.4 is 0 Å². The van der Waals surface area contributed by atoms with Crippen molar-refractivity contribution >= 4 is 5.97 Å². The maximum atomic E-state index is 12.8. The lowest BCUT2D eigenvalue weighted by Gasteiger charge is -2.39. The Balaban J connectivity index is 2.15. The standard InChI is InChI=1S/C51H94O9/c1-3-5-7-9-11-13-15-16-17-18-19-20-21-22-23-24-25-26-27-28-29-31-33-35-37-39-41-57-43-45(44-58-51-50(56)49(55)48(54)46(42-52)60-51)59-47(53)40-38-36-34-32-30-14-12-10-8-6-4-2/h15-16,18-19,21-22,45-46,48-52,54-56H,3-14,17,20,23-44H2,1-2H3/b16-15-,19-18-,22-21-. The fourth-order valence-corrected chi connectivity index (χ4v) is 7.62. The number of carbonyl (C=O) groups is 1. The smallest absolute Gasteiger partial charge is 0.306 e. The van der Waals surface area contributed by atoms with Crippen molar-refractivity contribution in [2.24, 2.45) is 0 Å². The van der Waals surface area contributed by atoms with E-state index in [2.05, 4.69) is 50.3 Å². The molecule has 1 saturated heterocycles. The average molecular weight is 851 g/mol. The molecule has 6 atom stereocenters. The Morgan fingerprint density at radius 2 is 0.967 bits per heavy atom. The van der Waals surface area contributed by atoms with Crippen molar-refractivity contribution in [3.63, 3.8) is 0 Å². The predicted molar refractivity (Wildman–Crippen MR) is 247 cm³/mol. The van der Waals surface area contributed by atoms with E-state index in [0.717, 1.165) is 44.9 Å². The Bertz CT molecular complexity index is 1010. The molecule has 0 aromatic rings. The highest BCUT2D eigenvalue weighted by Crippen LogP contribution is 2.23. The molecule has 1 fully saturated rings. The summed E-state index contributed by atoms with van der Waals surface area (Å²) < 4.78 is 22.8. The van der Waals surface area contributed by atoms with Crippen molar-refractivity contribution in [1.82, 2.24) is 0 Å². The van der Waals surface area contributed by atoms with Gasteiger partial charge in [0.05, 0.1) is 19.8 Å². The highest BCUT2D eigenvalue weighted by molar-refractivity contribution is 5.69. The van der Waals surface area contributed by atoms with Gasteiger partial charge in [0.2, 0.25) is 0 Å². The minimum absolute atomic E-state index is 0.112. The van der Waals surface area contributed by atoms with Gasteiger partial charge in [-0.2, -0.15) is 0 Å². The van der Waals surface area contributed by atoms with Crippen molar-refractivity contribution in [1.29, 1.82) is 0 Å². The van der Waals surface area contributed by atoms with Gasteiger partial charge in [-0.3, -0.25) is 4.79 Å². The van der Waals surface area contributed by atoms with E-state index in [1.807, 2.05) is 0 Å². The number of hydrogen-bond donors (Lipinski definition) is 4. The number of aliphatic hydroxyl groups excluding tert-OH is 4. The second-order valence-corrected chi connectivity index (χ2v) is 17.3. The first-order valence-electron chi connectivity index (χ1n) is 25.1. The van der Waals surface area contributed by atoms with Crippen LogP contribution in [0, 0.1) is 0 Å². The van der Waals surface area contributed by atoms with E-state index < -0.39 is 43.4 Å². The summed E-state index contributed by atoms with van der Waals surface area (Å²) in [5.41, 5.74) is 0. The zero-order valence-electron chi connectivity index (χ0n) is 38.7. The first-order chi connectivity index (χ1) is 29.4. The van der Waals surface area contributed by atoms with E-state index in [-0.39, 0.29) is 19.2 Å². The van der Waals surface area contributed by atoms with Gasteiger partial charge in [-0.05, 0) is 51.4 Å². The van der Waals surface area contributed by atoms with Crippen LogP contribution in [0.2, 0.25) is 0 Å². The molecule has 1 aliphatic heterocycles. The van der Waals surface area contributed by atoms with Crippen LogP contribution in [0.5, 0.6) is 0 Å². The highest BCUT2D eigenvalue weighted by atomic mass is 16.7. The van der Waals surface area contributed by atoms with Gasteiger partial charge in [0.25, 0.3) is 0 Å². The summed E-state index contributed by atoms with van der Waals surface area (Å²) in [6.45, 7) is 4.55. The molecule has 0 spiro atoms. The lowest BCUT2D eigenvalue weighted by Crippen LogP contribution is -2.59. The molecule has 0 amide bonds. The molecule has 0 aromatic carbocycles. The third kappa shape index (κ3) is 33.0. The van der Waals surface area contributed by atoms with E-state index in [9.17, 15) is 25.2 Å². The molecular weight excluding hydrogens is 757 g/mol. The van der Waals surface area contributed by atoms with Crippen molar-refractivity contribution in [3.8, 4) is 0 Å². The summed E-state index contributed by atoms with van der Waals surface area (Å²) >= 11 is 0. The zero-order valence-corrected chi connectivity index (χ0v) is 38.7. The largest absolute Gasteiger partial charge is 0.457 e. The fourth-order valence-electron chi connectivity index (χ4n) is 7.62. The van der Waals surface area contributed by atoms with Gasteiger partial charge in [-0.25, -0.2) is 0 Å². The first-order valence-corrected chi connectivity index (χ1v) is 25.1. The van der Waals surface area contributed by atoms with Crippen LogP contribution in [0.15, 0.2) is 36.5 Å². The SMILES string of the molecule is CCCCCCC/C=C\C/C=C\C/C=C\CCCCCCCCCCCCCOCC(COC1OC(CO)C(O)C(O)C1O)OC(=O)CCCCCCCCCCCCC. The number of rotatable bonds is 43. The molecular formula is C51H94O9. The minimum Gasteiger partial charge on any atom is -0.457 e. The van der Waals surface area contributed by atoms with Crippen LogP contribution in [-0.4, -0.2) is 89.6 Å². The Labute approximate surface area is 368 Å². The Hall–Kier alpha value is -1.59. The summed E-state index contributed by atoms with van der Waals surface area (Å²) in [6, 6.07) is 0. The summed E-state index contributed by atoms with van der Waals surface area (Å²) in [6.07, 6.45) is 44.7. The molecule has 1 aliphatic rings. The van der Waals surface area contributed by atoms with Gasteiger partial charge >= 0.3 is 5.97 Å². The molecule has 0 bridgehead atoms. The van der Waals surface area contributed by atoms with Gasteiger partial charge in [-0.15, -0.1) is 0 Å². The van der Waals surface area contributed by atoms with Gasteiger partial charge < -0.3 is 39.4 Å². The molecule has 60 heavy (non-hydrogen) atoms. The minimum atomic E-state index is -1.53. The van der Waals surface area contributed by atoms with Crippen molar-refractivity contribution in [3.05, 3.63) is 36.5 Å². The number of hydrogen-bond acceptors (Lipinski definition) is 9. The van der Waals surface area contributed by atoms with Crippen LogP contribution >= 0.6 is 0 Å². The average Bonchev–Trinajstić information content (AvgIpc) is 3.25. The monoisotopic (exact) mass is 851 g/mol. The summed E-state index contributed by atoms with van der Waals surface area (Å²) in [4.78, 5) is 12.8. The third-order valence-electron chi connectivity index (χ3n) is 11.6. The van der Waals surface area contributed by atoms with Gasteiger partial charge in [0, 0.05) is 13.0 Å². The predicted octanol–water partition coefficient (Wildman–Crippen LogP) is 11.9. The van der Waals surface area contributed by atoms with Crippen molar-refractivity contribution < 1.29 is 44.2 Å². The lowest BCUT2D eigenvalue weighted by atomic mass is 9.99. The Kier molecular flexibility index (Phi) is 40.2. The van der Waals surface area contributed by atoms with Crippen LogP contribution in [-0.2, 0) is 23.7 Å². The van der Waals surface area contributed by atoms with Crippen LogP contribution in [0.4, 0.5) is 0 Å². The first kappa shape index (κ1) is 56.4. The molecule has 9 nitrogen and oxygen atoms in total. The van der Waals surface area contributed by atoms with E-state index in [1.54, 1.807) is 0 Å². The number of ether oxygens (including phenoxy) is 4. The third-order valence-corrected chi connectivity index (χ3v) is 11.6. The second kappa shape index (κ2) is 42.7. The Morgan fingerprint density at radius 3 is 1.45 bits per heavy atom. The second-order valence-electron chi connectivity index (χ2n) is 17.3. The molecule has 0 saturated carbocycles. The van der Waals surface area contributed by atoms with E-state index in [1.165, 1.54) is 154 Å². The quantitative estimate of drug-likeness (QED) is 0.0269. The Morgan fingerprint density at radius 1 is 0.533 bits per heavy atom. The zero-order chi connectivity index (χ0) is 43.6. The van der Waals surface area contributed by atoms with Gasteiger partial charge in [0.15, 0.2) is 6.29 Å². The van der Waals surface area contributed by atoms with Crippen LogP contribution in [0.1, 0.15) is 219 Å². The molecule has 9 heteroatoms. The number of carbonyl (C=O) groups excluding carboxylic acids is 1. The summed E-state index contributed by atoms with van der Waals surface area (Å²) in [5, 5.41) is 40.1. The topological polar surface area (TPSA) is 135 Å².